The second kappa shape index (κ2) is 8.17. The summed E-state index contributed by atoms with van der Waals surface area (Å²) in [6, 6.07) is 1.65. The van der Waals surface area contributed by atoms with Gasteiger partial charge in [-0.15, -0.1) is 0 Å². The summed E-state index contributed by atoms with van der Waals surface area (Å²) in [5.74, 6) is -4.63. The van der Waals surface area contributed by atoms with Gasteiger partial charge in [-0.05, 0) is 31.9 Å². The average Bonchev–Trinajstić information content (AvgIpc) is 2.67. The number of carbonyl (C=O) groups is 2. The van der Waals surface area contributed by atoms with E-state index in [0.717, 1.165) is 6.07 Å². The number of rotatable bonds is 7. The summed E-state index contributed by atoms with van der Waals surface area (Å²) in [6.45, 7) is 4.92. The second-order valence-electron chi connectivity index (χ2n) is 8.19. The maximum atomic E-state index is 14.0. The SMILES string of the molecule is COc1ccc([N+](=O)[O-])c(C2C(C)(C(=O)O)C(CF)NC(C)C2(C(=O)O)C(C)C)c1. The van der Waals surface area contributed by atoms with Gasteiger partial charge in [-0.1, -0.05) is 13.8 Å². The molecule has 0 bridgehead atoms. The van der Waals surface area contributed by atoms with E-state index in [1.165, 1.54) is 33.1 Å². The Balaban J connectivity index is 3.06. The van der Waals surface area contributed by atoms with Crippen molar-refractivity contribution >= 4 is 17.6 Å². The van der Waals surface area contributed by atoms with Crippen molar-refractivity contribution in [2.75, 3.05) is 13.8 Å². The molecule has 0 spiro atoms. The lowest BCUT2D eigenvalue weighted by atomic mass is 9.49. The van der Waals surface area contributed by atoms with Gasteiger partial charge in [0.2, 0.25) is 0 Å². The predicted octanol–water partition coefficient (Wildman–Crippen LogP) is 2.83. The van der Waals surface area contributed by atoms with E-state index in [4.69, 9.17) is 4.74 Å². The van der Waals surface area contributed by atoms with Gasteiger partial charge < -0.3 is 20.3 Å². The lowest BCUT2D eigenvalue weighted by Gasteiger charge is -2.57. The van der Waals surface area contributed by atoms with Crippen molar-refractivity contribution in [1.29, 1.82) is 0 Å². The summed E-state index contributed by atoms with van der Waals surface area (Å²) in [5.41, 5.74) is -4.32. The molecular weight excluding hydrogens is 399 g/mol. The standard InChI is InChI=1S/C20H27FN2O7/c1-10(2)20(18(26)27)11(3)22-15(9-21)19(4,17(24)25)16(20)13-8-12(30-5)6-7-14(13)23(28)29/h6-8,10-11,15-16,22H,9H2,1-5H3,(H,24,25)(H,26,27). The Morgan fingerprint density at radius 3 is 2.33 bits per heavy atom. The normalized spacial score (nSPS) is 31.4. The Kier molecular flexibility index (Phi) is 6.41. The van der Waals surface area contributed by atoms with Crippen LogP contribution in [0.5, 0.6) is 5.75 Å². The number of aliphatic carboxylic acids is 2. The third-order valence-corrected chi connectivity index (χ3v) is 6.65. The van der Waals surface area contributed by atoms with Crippen LogP contribution in [0.15, 0.2) is 18.2 Å². The Labute approximate surface area is 173 Å². The Bertz CT molecular complexity index is 862. The third kappa shape index (κ3) is 3.19. The minimum atomic E-state index is -2.00. The average molecular weight is 426 g/mol. The number of ether oxygens (including phenoxy) is 1. The number of nitrogens with one attached hydrogen (secondary N) is 1. The van der Waals surface area contributed by atoms with Crippen LogP contribution in [-0.2, 0) is 9.59 Å². The maximum Gasteiger partial charge on any atom is 0.312 e. The molecule has 0 amide bonds. The van der Waals surface area contributed by atoms with E-state index in [2.05, 4.69) is 5.32 Å². The number of halogens is 1. The molecule has 1 aromatic rings. The summed E-state index contributed by atoms with van der Waals surface area (Å²) < 4.78 is 19.2. The summed E-state index contributed by atoms with van der Waals surface area (Å²) in [4.78, 5) is 36.3. The van der Waals surface area contributed by atoms with E-state index in [1.54, 1.807) is 13.8 Å². The zero-order valence-corrected chi connectivity index (χ0v) is 17.5. The molecule has 1 aromatic carbocycles. The number of hydrogen-bond acceptors (Lipinski definition) is 6. The number of benzene rings is 1. The molecule has 5 atom stereocenters. The van der Waals surface area contributed by atoms with Gasteiger partial charge in [0.1, 0.15) is 12.4 Å². The molecule has 166 valence electrons. The first-order valence-corrected chi connectivity index (χ1v) is 9.51. The van der Waals surface area contributed by atoms with E-state index < -0.39 is 64.0 Å². The fourth-order valence-corrected chi connectivity index (χ4v) is 5.06. The van der Waals surface area contributed by atoms with Crippen molar-refractivity contribution in [2.24, 2.45) is 16.7 Å². The van der Waals surface area contributed by atoms with Crippen LogP contribution in [0, 0.1) is 26.9 Å². The highest BCUT2D eigenvalue weighted by Gasteiger charge is 2.68. The second-order valence-corrected chi connectivity index (χ2v) is 8.19. The molecule has 1 fully saturated rings. The van der Waals surface area contributed by atoms with E-state index in [1.807, 2.05) is 0 Å². The molecule has 2 rings (SSSR count). The fourth-order valence-electron chi connectivity index (χ4n) is 5.06. The summed E-state index contributed by atoms with van der Waals surface area (Å²) in [5, 5.41) is 35.2. The van der Waals surface area contributed by atoms with Crippen molar-refractivity contribution < 1.29 is 33.9 Å². The molecule has 0 aliphatic carbocycles. The van der Waals surface area contributed by atoms with Gasteiger partial charge in [-0.2, -0.15) is 0 Å². The molecule has 1 heterocycles. The molecule has 0 aromatic heterocycles. The number of hydrogen-bond donors (Lipinski definition) is 3. The van der Waals surface area contributed by atoms with E-state index in [0.29, 0.717) is 0 Å². The molecule has 0 saturated carbocycles. The van der Waals surface area contributed by atoms with Crippen LogP contribution in [0.25, 0.3) is 0 Å². The predicted molar refractivity (Wildman–Crippen MR) is 105 cm³/mol. The molecule has 30 heavy (non-hydrogen) atoms. The molecule has 9 nitrogen and oxygen atoms in total. The van der Waals surface area contributed by atoms with Crippen LogP contribution in [0.2, 0.25) is 0 Å². The maximum absolute atomic E-state index is 14.0. The van der Waals surface area contributed by atoms with Crippen LogP contribution in [0.4, 0.5) is 10.1 Å². The highest BCUT2D eigenvalue weighted by atomic mass is 19.1. The van der Waals surface area contributed by atoms with Gasteiger partial charge in [-0.3, -0.25) is 19.7 Å². The molecule has 5 unspecified atom stereocenters. The largest absolute Gasteiger partial charge is 0.497 e. The molecule has 1 aliphatic heterocycles. The number of nitrogens with zero attached hydrogens (tertiary/aromatic N) is 1. The van der Waals surface area contributed by atoms with Gasteiger partial charge in [-0.25, -0.2) is 4.39 Å². The van der Waals surface area contributed by atoms with Crippen molar-refractivity contribution in [3.05, 3.63) is 33.9 Å². The topological polar surface area (TPSA) is 139 Å². The van der Waals surface area contributed by atoms with Crippen molar-refractivity contribution in [1.82, 2.24) is 5.32 Å². The number of piperidine rings is 1. The van der Waals surface area contributed by atoms with Gasteiger partial charge in [0, 0.05) is 23.6 Å². The summed E-state index contributed by atoms with van der Waals surface area (Å²) in [7, 11) is 1.34. The minimum Gasteiger partial charge on any atom is -0.497 e. The Hall–Kier alpha value is -2.75. The highest BCUT2D eigenvalue weighted by molar-refractivity contribution is 5.84. The van der Waals surface area contributed by atoms with Crippen LogP contribution < -0.4 is 10.1 Å². The van der Waals surface area contributed by atoms with Gasteiger partial charge >= 0.3 is 11.9 Å². The number of methoxy groups -OCH3 is 1. The lowest BCUT2D eigenvalue weighted by Crippen LogP contribution is -2.71. The number of carboxylic acids is 2. The van der Waals surface area contributed by atoms with Crippen molar-refractivity contribution in [3.63, 3.8) is 0 Å². The van der Waals surface area contributed by atoms with Gasteiger partial charge in [0.05, 0.1) is 28.9 Å². The summed E-state index contributed by atoms with van der Waals surface area (Å²) in [6.07, 6.45) is 0. The summed E-state index contributed by atoms with van der Waals surface area (Å²) >= 11 is 0. The number of carboxylic acid groups (broad SMARTS) is 2. The number of nitro groups is 1. The number of alkyl halides is 1. The fraction of sp³-hybridized carbons (Fsp3) is 0.600. The van der Waals surface area contributed by atoms with E-state index in [9.17, 15) is 34.3 Å². The van der Waals surface area contributed by atoms with E-state index in [-0.39, 0.29) is 11.3 Å². The monoisotopic (exact) mass is 426 g/mol. The minimum absolute atomic E-state index is 0.104. The first-order chi connectivity index (χ1) is 13.9. The van der Waals surface area contributed by atoms with Gasteiger partial charge in [0.15, 0.2) is 0 Å². The molecule has 3 N–H and O–H groups in total. The molecule has 10 heteroatoms. The molecule has 0 radical (unpaired) electrons. The molecule has 1 aliphatic rings. The zero-order valence-electron chi connectivity index (χ0n) is 17.5. The van der Waals surface area contributed by atoms with Crippen LogP contribution in [0.1, 0.15) is 39.2 Å². The molecule has 1 saturated heterocycles. The lowest BCUT2D eigenvalue weighted by molar-refractivity contribution is -0.386. The Morgan fingerprint density at radius 1 is 1.33 bits per heavy atom. The van der Waals surface area contributed by atoms with Crippen LogP contribution >= 0.6 is 0 Å². The van der Waals surface area contributed by atoms with Crippen molar-refractivity contribution in [2.45, 2.75) is 45.7 Å². The first-order valence-electron chi connectivity index (χ1n) is 9.51. The Morgan fingerprint density at radius 2 is 1.93 bits per heavy atom. The molecular formula is C20H27FN2O7. The zero-order chi connectivity index (χ0) is 23.0. The smallest absolute Gasteiger partial charge is 0.312 e. The van der Waals surface area contributed by atoms with Crippen LogP contribution in [0.3, 0.4) is 0 Å². The van der Waals surface area contributed by atoms with Crippen molar-refractivity contribution in [3.8, 4) is 5.75 Å². The number of nitro benzene ring substituents is 1. The van der Waals surface area contributed by atoms with Gasteiger partial charge in [0.25, 0.3) is 5.69 Å². The first kappa shape index (κ1) is 23.5. The quantitative estimate of drug-likeness (QED) is 0.447. The highest BCUT2D eigenvalue weighted by Crippen LogP contribution is 2.60. The van der Waals surface area contributed by atoms with Crippen LogP contribution in [-0.4, -0.2) is 52.9 Å². The third-order valence-electron chi connectivity index (χ3n) is 6.65. The van der Waals surface area contributed by atoms with E-state index >= 15 is 0 Å².